The van der Waals surface area contributed by atoms with Gasteiger partial charge in [0.25, 0.3) is 0 Å². The Kier molecular flexibility index (Phi) is 9.95. The standard InChI is InChI=1S/C35H40N2O2.ClH/c1-38-32-25-28-17-21-34(27-29(28)26-33(32)39-2)18-9-10-23-37(34)24-12-20-35(19-11-22-36,30-13-5-3-6-14-30)31-15-7-4-8-16-31;/h3-8,12-16,20,25-26H,9-11,17-19,21,23-24,27H2,1-2H3;1H. The Morgan fingerprint density at radius 2 is 1.52 bits per heavy atom. The van der Waals surface area contributed by atoms with Crippen molar-refractivity contribution in [2.45, 2.75) is 62.3 Å². The van der Waals surface area contributed by atoms with Crippen molar-refractivity contribution in [3.8, 4) is 17.6 Å². The smallest absolute Gasteiger partial charge is 0.161 e. The number of benzene rings is 3. The van der Waals surface area contributed by atoms with Gasteiger partial charge in [0.05, 0.1) is 20.3 Å². The van der Waals surface area contributed by atoms with E-state index in [1.165, 1.54) is 47.9 Å². The average molecular weight is 557 g/mol. The largest absolute Gasteiger partial charge is 0.493 e. The quantitative estimate of drug-likeness (QED) is 0.253. The van der Waals surface area contributed by atoms with Crippen LogP contribution >= 0.6 is 12.4 Å². The molecule has 0 amide bonds. The molecule has 0 N–H and O–H groups in total. The van der Waals surface area contributed by atoms with Crippen molar-refractivity contribution in [3.05, 3.63) is 107 Å². The molecular formula is C35H41ClN2O2. The lowest BCUT2D eigenvalue weighted by atomic mass is 9.70. The van der Waals surface area contributed by atoms with E-state index in [-0.39, 0.29) is 23.4 Å². The highest BCUT2D eigenvalue weighted by Crippen LogP contribution is 2.43. The Morgan fingerprint density at radius 1 is 0.900 bits per heavy atom. The van der Waals surface area contributed by atoms with E-state index in [2.05, 4.69) is 95.9 Å². The maximum atomic E-state index is 9.57. The SMILES string of the molecule is COc1cc2c(cc1OC)CC1(CCCCN1CC=CC(CCC#N)(c1ccccc1)c1ccccc1)CC2.Cl. The zero-order chi connectivity index (χ0) is 27.1. The first kappa shape index (κ1) is 29.7. The number of nitrogens with zero attached hydrogens (tertiary/aromatic N) is 2. The Labute approximate surface area is 246 Å². The van der Waals surface area contributed by atoms with Gasteiger partial charge >= 0.3 is 0 Å². The molecule has 1 aliphatic heterocycles. The van der Waals surface area contributed by atoms with Crippen LogP contribution in [0.1, 0.15) is 60.8 Å². The second-order valence-electron chi connectivity index (χ2n) is 11.0. The third-order valence-electron chi connectivity index (χ3n) is 9.01. The molecule has 1 unspecified atom stereocenters. The normalized spacial score (nSPS) is 19.0. The number of aryl methyl sites for hydroxylation is 1. The van der Waals surface area contributed by atoms with Crippen LogP contribution in [0.5, 0.6) is 11.5 Å². The number of fused-ring (bicyclic) bond motifs is 1. The molecule has 5 rings (SSSR count). The summed E-state index contributed by atoms with van der Waals surface area (Å²) in [5.41, 5.74) is 5.11. The summed E-state index contributed by atoms with van der Waals surface area (Å²) in [5, 5.41) is 9.57. The molecule has 0 aromatic heterocycles. The molecule has 4 nitrogen and oxygen atoms in total. The van der Waals surface area contributed by atoms with E-state index >= 15 is 0 Å². The number of halogens is 1. The third-order valence-corrected chi connectivity index (χ3v) is 9.01. The topological polar surface area (TPSA) is 45.5 Å². The molecule has 1 saturated heterocycles. The van der Waals surface area contributed by atoms with Gasteiger partial charge in [-0.15, -0.1) is 12.4 Å². The number of methoxy groups -OCH3 is 2. The molecule has 1 fully saturated rings. The highest BCUT2D eigenvalue weighted by Gasteiger charge is 2.41. The molecule has 5 heteroatoms. The molecule has 1 aliphatic carbocycles. The maximum Gasteiger partial charge on any atom is 0.161 e. The molecule has 1 atom stereocenters. The first-order valence-electron chi connectivity index (χ1n) is 14.3. The summed E-state index contributed by atoms with van der Waals surface area (Å²) in [7, 11) is 3.43. The van der Waals surface area contributed by atoms with Gasteiger partial charge in [-0.25, -0.2) is 0 Å². The van der Waals surface area contributed by atoms with Gasteiger partial charge < -0.3 is 9.47 Å². The zero-order valence-corrected chi connectivity index (χ0v) is 24.6. The van der Waals surface area contributed by atoms with Gasteiger partial charge in [-0.3, -0.25) is 4.90 Å². The van der Waals surface area contributed by atoms with Crippen LogP contribution < -0.4 is 9.47 Å². The molecule has 0 bridgehead atoms. The molecule has 1 spiro atoms. The molecule has 3 aromatic rings. The summed E-state index contributed by atoms with van der Waals surface area (Å²) in [5.74, 6) is 1.65. The fourth-order valence-corrected chi connectivity index (χ4v) is 6.93. The van der Waals surface area contributed by atoms with Crippen LogP contribution in [-0.2, 0) is 18.3 Å². The van der Waals surface area contributed by atoms with Crippen LogP contribution in [0.4, 0.5) is 0 Å². The van der Waals surface area contributed by atoms with Gasteiger partial charge in [0, 0.05) is 23.9 Å². The molecular weight excluding hydrogens is 516 g/mol. The van der Waals surface area contributed by atoms with Crippen molar-refractivity contribution >= 4 is 12.4 Å². The Balaban J connectivity index is 0.00000370. The van der Waals surface area contributed by atoms with Crippen molar-refractivity contribution in [3.63, 3.8) is 0 Å². The molecule has 0 radical (unpaired) electrons. The second kappa shape index (κ2) is 13.4. The van der Waals surface area contributed by atoms with Crippen molar-refractivity contribution in [2.24, 2.45) is 0 Å². The minimum atomic E-state index is -0.329. The van der Waals surface area contributed by atoms with E-state index in [0.717, 1.165) is 43.9 Å². The summed E-state index contributed by atoms with van der Waals surface area (Å²) >= 11 is 0. The van der Waals surface area contributed by atoms with Gasteiger partial charge in [-0.2, -0.15) is 5.26 Å². The molecule has 3 aromatic carbocycles. The van der Waals surface area contributed by atoms with Crippen molar-refractivity contribution in [1.82, 2.24) is 4.90 Å². The molecule has 2 aliphatic rings. The van der Waals surface area contributed by atoms with Crippen LogP contribution in [0.25, 0.3) is 0 Å². The second-order valence-corrected chi connectivity index (χ2v) is 11.0. The first-order chi connectivity index (χ1) is 19.1. The van der Waals surface area contributed by atoms with Crippen molar-refractivity contribution in [1.29, 1.82) is 5.26 Å². The summed E-state index contributed by atoms with van der Waals surface area (Å²) in [6.07, 6.45) is 13.1. The van der Waals surface area contributed by atoms with Crippen molar-refractivity contribution < 1.29 is 9.47 Å². The van der Waals surface area contributed by atoms with Crippen molar-refractivity contribution in [2.75, 3.05) is 27.3 Å². The van der Waals surface area contributed by atoms with E-state index < -0.39 is 0 Å². The number of allylic oxidation sites excluding steroid dienone is 1. The fraction of sp³-hybridized carbons (Fsp3) is 0.400. The molecule has 0 saturated carbocycles. The lowest BCUT2D eigenvalue weighted by molar-refractivity contribution is 0.0446. The lowest BCUT2D eigenvalue weighted by Crippen LogP contribution is -2.55. The fourth-order valence-electron chi connectivity index (χ4n) is 6.93. The van der Waals surface area contributed by atoms with E-state index in [4.69, 9.17) is 9.47 Å². The molecule has 210 valence electrons. The third kappa shape index (κ3) is 5.92. The van der Waals surface area contributed by atoms with Gasteiger partial charge in [0.1, 0.15) is 0 Å². The lowest BCUT2D eigenvalue weighted by Gasteiger charge is -2.50. The number of hydrogen-bond acceptors (Lipinski definition) is 4. The maximum absolute atomic E-state index is 9.57. The molecule has 1 heterocycles. The van der Waals surface area contributed by atoms with Gasteiger partial charge in [-0.05, 0) is 79.5 Å². The predicted octanol–water partition coefficient (Wildman–Crippen LogP) is 7.69. The minimum Gasteiger partial charge on any atom is -0.493 e. The van der Waals surface area contributed by atoms with E-state index in [1.807, 2.05) is 0 Å². The van der Waals surface area contributed by atoms with Crippen LogP contribution in [0.15, 0.2) is 84.9 Å². The summed E-state index contributed by atoms with van der Waals surface area (Å²) in [6.45, 7) is 2.03. The Bertz CT molecular complexity index is 1280. The summed E-state index contributed by atoms with van der Waals surface area (Å²) < 4.78 is 11.2. The summed E-state index contributed by atoms with van der Waals surface area (Å²) in [4.78, 5) is 2.73. The number of piperidine rings is 1. The van der Waals surface area contributed by atoms with E-state index in [0.29, 0.717) is 6.42 Å². The Hall–Kier alpha value is -3.26. The Morgan fingerprint density at radius 3 is 2.12 bits per heavy atom. The monoisotopic (exact) mass is 556 g/mol. The highest BCUT2D eigenvalue weighted by atomic mass is 35.5. The number of nitriles is 1. The van der Waals surface area contributed by atoms with Crippen LogP contribution in [-0.4, -0.2) is 37.7 Å². The number of likely N-dealkylation sites (tertiary alicyclic amines) is 1. The van der Waals surface area contributed by atoms with Crippen LogP contribution in [0.2, 0.25) is 0 Å². The van der Waals surface area contributed by atoms with Gasteiger partial charge in [-0.1, -0.05) is 79.2 Å². The van der Waals surface area contributed by atoms with E-state index in [9.17, 15) is 5.26 Å². The minimum absolute atomic E-state index is 0. The number of ether oxygens (including phenoxy) is 2. The first-order valence-corrected chi connectivity index (χ1v) is 14.3. The molecule has 40 heavy (non-hydrogen) atoms. The summed E-state index contributed by atoms with van der Waals surface area (Å²) in [6, 6.07) is 28.2. The average Bonchev–Trinajstić information content (AvgIpc) is 3.00. The van der Waals surface area contributed by atoms with Gasteiger partial charge in [0.15, 0.2) is 11.5 Å². The predicted molar refractivity (Wildman–Crippen MR) is 165 cm³/mol. The van der Waals surface area contributed by atoms with Crippen LogP contribution in [0.3, 0.4) is 0 Å². The number of hydrogen-bond donors (Lipinski definition) is 0. The number of rotatable bonds is 9. The zero-order valence-electron chi connectivity index (χ0n) is 23.8. The van der Waals surface area contributed by atoms with Crippen LogP contribution in [0, 0.1) is 11.3 Å². The highest BCUT2D eigenvalue weighted by molar-refractivity contribution is 5.85. The van der Waals surface area contributed by atoms with E-state index in [1.54, 1.807) is 14.2 Å². The van der Waals surface area contributed by atoms with Gasteiger partial charge in [0.2, 0.25) is 0 Å².